The number of pyridine rings is 1. The van der Waals surface area contributed by atoms with Gasteiger partial charge in [-0.25, -0.2) is 9.67 Å². The third kappa shape index (κ3) is 4.68. The van der Waals surface area contributed by atoms with Crippen LogP contribution in [-0.2, 0) is 6.54 Å². The van der Waals surface area contributed by atoms with Gasteiger partial charge >= 0.3 is 0 Å². The van der Waals surface area contributed by atoms with E-state index in [9.17, 15) is 14.9 Å². The van der Waals surface area contributed by atoms with E-state index in [-0.39, 0.29) is 29.9 Å². The second-order valence-corrected chi connectivity index (χ2v) is 7.42. The molecule has 2 heterocycles. The molecule has 1 fully saturated rings. The van der Waals surface area contributed by atoms with Crippen molar-refractivity contribution < 1.29 is 14.5 Å². The van der Waals surface area contributed by atoms with Crippen molar-refractivity contribution >= 4 is 11.6 Å². The number of nitrogens with one attached hydrogen (secondary N) is 1. The van der Waals surface area contributed by atoms with E-state index in [1.54, 1.807) is 25.3 Å². The topological polar surface area (TPSA) is 125 Å². The van der Waals surface area contributed by atoms with Crippen LogP contribution in [0.5, 0.6) is 5.88 Å². The number of hydrogen-bond acceptors (Lipinski definition) is 7. The summed E-state index contributed by atoms with van der Waals surface area (Å²) in [6, 6.07) is 9.67. The number of benzene rings is 1. The molecular weight excluding hydrogens is 400 g/mol. The Balaban J connectivity index is 1.39. The third-order valence-corrected chi connectivity index (χ3v) is 5.24. The number of rotatable bonds is 7. The highest BCUT2D eigenvalue weighted by molar-refractivity contribution is 5.93. The van der Waals surface area contributed by atoms with E-state index in [0.717, 1.165) is 18.4 Å². The van der Waals surface area contributed by atoms with Crippen molar-refractivity contribution in [1.82, 2.24) is 25.3 Å². The summed E-state index contributed by atoms with van der Waals surface area (Å²) in [4.78, 5) is 27.4. The first-order valence-corrected chi connectivity index (χ1v) is 10.1. The van der Waals surface area contributed by atoms with Gasteiger partial charge in [0, 0.05) is 30.9 Å². The van der Waals surface area contributed by atoms with Gasteiger partial charge in [-0.3, -0.25) is 14.9 Å². The number of carbonyl (C=O) groups excluding carboxylic acids is 1. The second kappa shape index (κ2) is 8.90. The van der Waals surface area contributed by atoms with Gasteiger partial charge < -0.3 is 10.1 Å². The van der Waals surface area contributed by atoms with Crippen molar-refractivity contribution in [3.63, 3.8) is 0 Å². The van der Waals surface area contributed by atoms with E-state index in [2.05, 4.69) is 20.6 Å². The Hall–Kier alpha value is -3.82. The Morgan fingerprint density at radius 3 is 2.81 bits per heavy atom. The maximum absolute atomic E-state index is 12.6. The van der Waals surface area contributed by atoms with Gasteiger partial charge in [-0.05, 0) is 44.2 Å². The fraction of sp³-hybridized carbons (Fsp3) is 0.333. The molecule has 2 aromatic heterocycles. The average molecular weight is 422 g/mol. The molecule has 0 bridgehead atoms. The van der Waals surface area contributed by atoms with Gasteiger partial charge in [-0.15, -0.1) is 5.10 Å². The highest BCUT2D eigenvalue weighted by Gasteiger charge is 2.19. The molecule has 0 atom stereocenters. The molecule has 1 aromatic carbocycles. The minimum absolute atomic E-state index is 0.0636. The van der Waals surface area contributed by atoms with Crippen LogP contribution in [0.4, 0.5) is 5.69 Å². The number of aromatic nitrogens is 4. The highest BCUT2D eigenvalue weighted by Crippen LogP contribution is 2.23. The number of carbonyl (C=O) groups is 1. The summed E-state index contributed by atoms with van der Waals surface area (Å²) in [5, 5.41) is 21.7. The standard InChI is InChI=1S/C21H22N6O4/c1-14-20(24-25-26(14)16-5-4-6-17(11-16)27(29)30)21(28)23-13-15-9-10-19(22-12-15)31-18-7-2-3-8-18/h4-6,9-12,18H,2-3,7-8,13H2,1H3,(H,23,28). The lowest BCUT2D eigenvalue weighted by atomic mass is 10.2. The Morgan fingerprint density at radius 2 is 2.10 bits per heavy atom. The monoisotopic (exact) mass is 422 g/mol. The van der Waals surface area contributed by atoms with Gasteiger partial charge in [0.2, 0.25) is 5.88 Å². The minimum atomic E-state index is -0.485. The highest BCUT2D eigenvalue weighted by atomic mass is 16.6. The van der Waals surface area contributed by atoms with Gasteiger partial charge in [-0.2, -0.15) is 0 Å². The predicted molar refractivity (Wildman–Crippen MR) is 111 cm³/mol. The van der Waals surface area contributed by atoms with Gasteiger partial charge in [0.1, 0.15) is 6.10 Å². The Kier molecular flexibility index (Phi) is 5.87. The molecule has 0 aliphatic heterocycles. The molecule has 0 unspecified atom stereocenters. The van der Waals surface area contributed by atoms with Crippen LogP contribution in [0.2, 0.25) is 0 Å². The van der Waals surface area contributed by atoms with Crippen LogP contribution in [0.3, 0.4) is 0 Å². The van der Waals surface area contributed by atoms with Gasteiger partial charge in [0.25, 0.3) is 11.6 Å². The van der Waals surface area contributed by atoms with Crippen molar-refractivity contribution in [2.75, 3.05) is 0 Å². The van der Waals surface area contributed by atoms with Crippen LogP contribution in [0.15, 0.2) is 42.6 Å². The molecule has 1 N–H and O–H groups in total. The number of nitro benzene ring substituents is 1. The lowest BCUT2D eigenvalue weighted by Crippen LogP contribution is -2.24. The summed E-state index contributed by atoms with van der Waals surface area (Å²) in [5.41, 5.74) is 1.86. The summed E-state index contributed by atoms with van der Waals surface area (Å²) in [6.45, 7) is 1.96. The van der Waals surface area contributed by atoms with Crippen molar-refractivity contribution in [3.05, 3.63) is 69.7 Å². The van der Waals surface area contributed by atoms with Crippen molar-refractivity contribution in [2.45, 2.75) is 45.3 Å². The van der Waals surface area contributed by atoms with E-state index in [1.807, 2.05) is 12.1 Å². The molecular formula is C21H22N6O4. The van der Waals surface area contributed by atoms with Crippen molar-refractivity contribution in [1.29, 1.82) is 0 Å². The molecule has 0 spiro atoms. The number of nitro groups is 1. The Morgan fingerprint density at radius 1 is 1.29 bits per heavy atom. The number of nitrogens with zero attached hydrogens (tertiary/aromatic N) is 5. The number of non-ortho nitro benzene ring substituents is 1. The molecule has 1 aliphatic rings. The minimum Gasteiger partial charge on any atom is -0.474 e. The Bertz CT molecular complexity index is 1090. The first kappa shape index (κ1) is 20.5. The maximum atomic E-state index is 12.6. The van der Waals surface area contributed by atoms with Crippen LogP contribution in [0.25, 0.3) is 5.69 Å². The zero-order valence-corrected chi connectivity index (χ0v) is 17.0. The van der Waals surface area contributed by atoms with Gasteiger partial charge in [0.15, 0.2) is 5.69 Å². The summed E-state index contributed by atoms with van der Waals surface area (Å²) in [5.74, 6) is 0.207. The predicted octanol–water partition coefficient (Wildman–Crippen LogP) is 3.13. The SMILES string of the molecule is Cc1c(C(=O)NCc2ccc(OC3CCCC3)nc2)nnn1-c1cccc([N+](=O)[O-])c1. The van der Waals surface area contributed by atoms with E-state index < -0.39 is 4.92 Å². The zero-order chi connectivity index (χ0) is 21.8. The first-order chi connectivity index (χ1) is 15.0. The van der Waals surface area contributed by atoms with Crippen LogP contribution in [0.1, 0.15) is 47.4 Å². The molecule has 10 heteroatoms. The summed E-state index contributed by atoms with van der Waals surface area (Å²) in [7, 11) is 0. The fourth-order valence-electron chi connectivity index (χ4n) is 3.55. The maximum Gasteiger partial charge on any atom is 0.274 e. The molecule has 4 rings (SSSR count). The fourth-order valence-corrected chi connectivity index (χ4v) is 3.55. The molecule has 0 radical (unpaired) electrons. The summed E-state index contributed by atoms with van der Waals surface area (Å²) >= 11 is 0. The molecule has 1 saturated carbocycles. The van der Waals surface area contributed by atoms with Crippen LogP contribution in [-0.4, -0.2) is 36.9 Å². The number of ether oxygens (including phenoxy) is 1. The quantitative estimate of drug-likeness (QED) is 0.458. The molecule has 1 aliphatic carbocycles. The molecule has 31 heavy (non-hydrogen) atoms. The normalized spacial score (nSPS) is 13.8. The first-order valence-electron chi connectivity index (χ1n) is 10.1. The molecule has 1 amide bonds. The molecule has 0 saturated heterocycles. The summed E-state index contributed by atoms with van der Waals surface area (Å²) in [6.07, 6.45) is 6.44. The van der Waals surface area contributed by atoms with Gasteiger partial charge in [-0.1, -0.05) is 17.3 Å². The van der Waals surface area contributed by atoms with Crippen molar-refractivity contribution in [3.8, 4) is 11.6 Å². The van der Waals surface area contributed by atoms with Crippen molar-refractivity contribution in [2.24, 2.45) is 0 Å². The second-order valence-electron chi connectivity index (χ2n) is 7.42. The van der Waals surface area contributed by atoms with E-state index in [4.69, 9.17) is 4.74 Å². The van der Waals surface area contributed by atoms with Gasteiger partial charge in [0.05, 0.1) is 16.3 Å². The lowest BCUT2D eigenvalue weighted by Gasteiger charge is -2.12. The smallest absolute Gasteiger partial charge is 0.274 e. The lowest BCUT2D eigenvalue weighted by molar-refractivity contribution is -0.384. The number of hydrogen-bond donors (Lipinski definition) is 1. The van der Waals surface area contributed by atoms with Crippen LogP contribution < -0.4 is 10.1 Å². The Labute approximate surface area is 178 Å². The largest absolute Gasteiger partial charge is 0.474 e. The van der Waals surface area contributed by atoms with E-state index in [1.165, 1.54) is 29.7 Å². The van der Waals surface area contributed by atoms with Crippen LogP contribution >= 0.6 is 0 Å². The molecule has 10 nitrogen and oxygen atoms in total. The summed E-state index contributed by atoms with van der Waals surface area (Å²) < 4.78 is 7.25. The molecule has 160 valence electrons. The van der Waals surface area contributed by atoms with Crippen LogP contribution in [0, 0.1) is 17.0 Å². The average Bonchev–Trinajstić information content (AvgIpc) is 3.42. The van der Waals surface area contributed by atoms with E-state index >= 15 is 0 Å². The molecule has 3 aromatic rings. The number of amides is 1. The zero-order valence-electron chi connectivity index (χ0n) is 17.0. The van der Waals surface area contributed by atoms with E-state index in [0.29, 0.717) is 17.3 Å². The third-order valence-electron chi connectivity index (χ3n) is 5.24.